The smallest absolute Gasteiger partial charge is 0.224 e. The lowest BCUT2D eigenvalue weighted by atomic mass is 9.98. The second kappa shape index (κ2) is 6.10. The van der Waals surface area contributed by atoms with Gasteiger partial charge >= 0.3 is 0 Å². The summed E-state index contributed by atoms with van der Waals surface area (Å²) in [6.07, 6.45) is 9.52. The van der Waals surface area contributed by atoms with Gasteiger partial charge in [0.1, 0.15) is 0 Å². The van der Waals surface area contributed by atoms with Crippen LogP contribution in [0.15, 0.2) is 0 Å². The Bertz CT molecular complexity index is 258. The van der Waals surface area contributed by atoms with Gasteiger partial charge in [0.05, 0.1) is 5.92 Å². The zero-order chi connectivity index (χ0) is 12.1. The average molecular weight is 256 g/mol. The molecule has 1 heterocycles. The van der Waals surface area contributed by atoms with Crippen molar-refractivity contribution in [2.45, 2.75) is 43.3 Å². The molecule has 2 fully saturated rings. The van der Waals surface area contributed by atoms with Crippen molar-refractivity contribution in [2.24, 2.45) is 5.92 Å². The van der Waals surface area contributed by atoms with Crippen LogP contribution in [0, 0.1) is 5.92 Å². The molecule has 1 amide bonds. The van der Waals surface area contributed by atoms with Crippen molar-refractivity contribution < 1.29 is 4.79 Å². The molecule has 0 spiro atoms. The van der Waals surface area contributed by atoms with Crippen LogP contribution in [0.5, 0.6) is 0 Å². The maximum atomic E-state index is 12.1. The number of carbonyl (C=O) groups excluding carboxylic acids is 1. The Morgan fingerprint density at radius 2 is 2.18 bits per heavy atom. The SMILES string of the molecule is CSC1(CNC(=O)[C@@H]2CCCNC2)CCCC1. The van der Waals surface area contributed by atoms with E-state index >= 15 is 0 Å². The van der Waals surface area contributed by atoms with E-state index in [1.165, 1.54) is 25.7 Å². The summed E-state index contributed by atoms with van der Waals surface area (Å²) < 4.78 is 0.331. The van der Waals surface area contributed by atoms with E-state index in [2.05, 4.69) is 16.9 Å². The number of thioether (sulfide) groups is 1. The van der Waals surface area contributed by atoms with Crippen molar-refractivity contribution in [2.75, 3.05) is 25.9 Å². The molecule has 4 heteroatoms. The molecular formula is C13H24N2OS. The van der Waals surface area contributed by atoms with E-state index in [1.807, 2.05) is 11.8 Å². The summed E-state index contributed by atoms with van der Waals surface area (Å²) in [7, 11) is 0. The summed E-state index contributed by atoms with van der Waals surface area (Å²) in [5, 5.41) is 6.49. The van der Waals surface area contributed by atoms with E-state index in [1.54, 1.807) is 0 Å². The maximum Gasteiger partial charge on any atom is 0.224 e. The van der Waals surface area contributed by atoms with Gasteiger partial charge in [-0.3, -0.25) is 4.79 Å². The fourth-order valence-electron chi connectivity index (χ4n) is 2.94. The summed E-state index contributed by atoms with van der Waals surface area (Å²) in [5.41, 5.74) is 0. The highest BCUT2D eigenvalue weighted by Gasteiger charge is 2.34. The van der Waals surface area contributed by atoms with Crippen molar-refractivity contribution in [3.63, 3.8) is 0 Å². The first-order valence-corrected chi connectivity index (χ1v) is 8.02. The second-order valence-corrected chi connectivity index (χ2v) is 6.63. The van der Waals surface area contributed by atoms with Crippen LogP contribution in [0.4, 0.5) is 0 Å². The van der Waals surface area contributed by atoms with Crippen LogP contribution in [0.25, 0.3) is 0 Å². The Balaban J connectivity index is 1.78. The molecule has 0 aromatic heterocycles. The lowest BCUT2D eigenvalue weighted by Gasteiger charge is -2.29. The first-order valence-electron chi connectivity index (χ1n) is 6.79. The topological polar surface area (TPSA) is 41.1 Å². The predicted octanol–water partition coefficient (Wildman–Crippen LogP) is 1.78. The number of carbonyl (C=O) groups is 1. The van der Waals surface area contributed by atoms with E-state index in [0.29, 0.717) is 4.75 Å². The molecule has 17 heavy (non-hydrogen) atoms. The summed E-state index contributed by atoms with van der Waals surface area (Å²) >= 11 is 1.94. The largest absolute Gasteiger partial charge is 0.354 e. The minimum atomic E-state index is 0.198. The highest BCUT2D eigenvalue weighted by molar-refractivity contribution is 8.00. The van der Waals surface area contributed by atoms with Crippen molar-refractivity contribution in [3.05, 3.63) is 0 Å². The average Bonchev–Trinajstić information content (AvgIpc) is 2.86. The first-order chi connectivity index (χ1) is 8.26. The molecule has 1 saturated carbocycles. The molecule has 3 nitrogen and oxygen atoms in total. The summed E-state index contributed by atoms with van der Waals surface area (Å²) in [6, 6.07) is 0. The monoisotopic (exact) mass is 256 g/mol. The number of rotatable bonds is 4. The van der Waals surface area contributed by atoms with E-state index in [9.17, 15) is 4.79 Å². The van der Waals surface area contributed by atoms with Gasteiger partial charge < -0.3 is 10.6 Å². The Hall–Kier alpha value is -0.220. The predicted molar refractivity (Wildman–Crippen MR) is 73.3 cm³/mol. The molecule has 1 aliphatic heterocycles. The molecule has 0 unspecified atom stereocenters. The number of hydrogen-bond donors (Lipinski definition) is 2. The molecular weight excluding hydrogens is 232 g/mol. The van der Waals surface area contributed by atoms with Gasteiger partial charge in [-0.1, -0.05) is 12.8 Å². The Morgan fingerprint density at radius 3 is 2.76 bits per heavy atom. The normalized spacial score (nSPS) is 27.9. The Morgan fingerprint density at radius 1 is 1.41 bits per heavy atom. The molecule has 2 N–H and O–H groups in total. The van der Waals surface area contributed by atoms with Crippen LogP contribution in [-0.4, -0.2) is 36.5 Å². The quantitative estimate of drug-likeness (QED) is 0.805. The van der Waals surface area contributed by atoms with Crippen molar-refractivity contribution in [1.29, 1.82) is 0 Å². The van der Waals surface area contributed by atoms with Crippen LogP contribution in [0.1, 0.15) is 38.5 Å². The highest BCUT2D eigenvalue weighted by Crippen LogP contribution is 2.39. The van der Waals surface area contributed by atoms with Crippen LogP contribution >= 0.6 is 11.8 Å². The number of amides is 1. The highest BCUT2D eigenvalue weighted by atomic mass is 32.2. The van der Waals surface area contributed by atoms with Crippen LogP contribution < -0.4 is 10.6 Å². The Kier molecular flexibility index (Phi) is 4.74. The standard InChI is InChI=1S/C13H24N2OS/c1-17-13(6-2-3-7-13)10-15-12(16)11-5-4-8-14-9-11/h11,14H,2-10H2,1H3,(H,15,16)/t11-/m1/s1. The van der Waals surface area contributed by atoms with Gasteiger partial charge in [0.2, 0.25) is 5.91 Å². The summed E-state index contributed by atoms with van der Waals surface area (Å²) in [6.45, 7) is 2.79. The van der Waals surface area contributed by atoms with E-state index < -0.39 is 0 Å². The van der Waals surface area contributed by atoms with E-state index in [-0.39, 0.29) is 11.8 Å². The molecule has 1 atom stereocenters. The van der Waals surface area contributed by atoms with Crippen molar-refractivity contribution in [1.82, 2.24) is 10.6 Å². The number of piperidine rings is 1. The molecule has 0 aromatic carbocycles. The Labute approximate surface area is 108 Å². The fourth-order valence-corrected chi connectivity index (χ4v) is 3.85. The molecule has 0 radical (unpaired) electrons. The van der Waals surface area contributed by atoms with Gasteiger partial charge in [-0.15, -0.1) is 0 Å². The fraction of sp³-hybridized carbons (Fsp3) is 0.923. The van der Waals surface area contributed by atoms with Crippen LogP contribution in [0.2, 0.25) is 0 Å². The third kappa shape index (κ3) is 3.38. The zero-order valence-electron chi connectivity index (χ0n) is 10.8. The summed E-state index contributed by atoms with van der Waals surface area (Å²) in [5.74, 6) is 0.460. The summed E-state index contributed by atoms with van der Waals surface area (Å²) in [4.78, 5) is 12.1. The van der Waals surface area contributed by atoms with Gasteiger partial charge in [0.25, 0.3) is 0 Å². The molecule has 2 rings (SSSR count). The minimum Gasteiger partial charge on any atom is -0.354 e. The molecule has 1 aliphatic carbocycles. The zero-order valence-corrected chi connectivity index (χ0v) is 11.6. The van der Waals surface area contributed by atoms with E-state index in [4.69, 9.17) is 0 Å². The van der Waals surface area contributed by atoms with Crippen LogP contribution in [0.3, 0.4) is 0 Å². The van der Waals surface area contributed by atoms with Crippen LogP contribution in [-0.2, 0) is 4.79 Å². The lowest BCUT2D eigenvalue weighted by molar-refractivity contribution is -0.125. The van der Waals surface area contributed by atoms with Gasteiger partial charge in [-0.2, -0.15) is 11.8 Å². The van der Waals surface area contributed by atoms with Gasteiger partial charge in [-0.05, 0) is 38.5 Å². The molecule has 0 aromatic rings. The third-order valence-electron chi connectivity index (χ3n) is 4.20. The lowest BCUT2D eigenvalue weighted by Crippen LogP contribution is -2.45. The first kappa shape index (κ1) is 13.2. The third-order valence-corrected chi connectivity index (χ3v) is 5.62. The van der Waals surface area contributed by atoms with Gasteiger partial charge in [0.15, 0.2) is 0 Å². The van der Waals surface area contributed by atoms with Gasteiger partial charge in [0, 0.05) is 17.8 Å². The number of hydrogen-bond acceptors (Lipinski definition) is 3. The van der Waals surface area contributed by atoms with E-state index in [0.717, 1.165) is 32.5 Å². The number of nitrogens with one attached hydrogen (secondary N) is 2. The second-order valence-electron chi connectivity index (χ2n) is 5.36. The molecule has 1 saturated heterocycles. The van der Waals surface area contributed by atoms with Gasteiger partial charge in [-0.25, -0.2) is 0 Å². The van der Waals surface area contributed by atoms with Crippen molar-refractivity contribution in [3.8, 4) is 0 Å². The minimum absolute atomic E-state index is 0.198. The maximum absolute atomic E-state index is 12.1. The van der Waals surface area contributed by atoms with Crippen molar-refractivity contribution >= 4 is 17.7 Å². The molecule has 2 aliphatic rings. The molecule has 0 bridgehead atoms. The molecule has 98 valence electrons.